The highest BCUT2D eigenvalue weighted by atomic mass is 19.1. The number of hydrogen-bond donors (Lipinski definition) is 0. The lowest BCUT2D eigenvalue weighted by Crippen LogP contribution is -1.91. The number of hydrogen-bond acceptors (Lipinski definition) is 3. The van der Waals surface area contributed by atoms with Crippen LogP contribution in [0.15, 0.2) is 47.6 Å². The Bertz CT molecular complexity index is 640. The number of nitrogens with zero attached hydrogens (tertiary/aromatic N) is 2. The van der Waals surface area contributed by atoms with Crippen LogP contribution in [0.5, 0.6) is 0 Å². The molecule has 0 bridgehead atoms. The first kappa shape index (κ1) is 13.7. The minimum absolute atomic E-state index is 0.0576. The number of nitriles is 1. The second-order valence-corrected chi connectivity index (χ2v) is 3.94. The van der Waals surface area contributed by atoms with Crippen LogP contribution in [-0.4, -0.2) is 6.21 Å². The van der Waals surface area contributed by atoms with E-state index in [2.05, 4.69) is 11.4 Å². The van der Waals surface area contributed by atoms with Gasteiger partial charge in [-0.15, -0.1) is 0 Å². The average molecular weight is 271 g/mol. The Hall–Kier alpha value is -2.74. The van der Waals surface area contributed by atoms with Crippen molar-refractivity contribution < 1.29 is 13.6 Å². The van der Waals surface area contributed by atoms with Gasteiger partial charge in [0.05, 0.1) is 11.6 Å². The van der Waals surface area contributed by atoms with Gasteiger partial charge in [-0.2, -0.15) is 5.26 Å². The van der Waals surface area contributed by atoms with Crippen LogP contribution >= 0.6 is 0 Å². The summed E-state index contributed by atoms with van der Waals surface area (Å²) in [5.41, 5.74) is 1.51. The van der Waals surface area contributed by atoms with Crippen LogP contribution in [-0.2, 0) is 11.4 Å². The summed E-state index contributed by atoms with van der Waals surface area (Å²) in [4.78, 5) is 4.91. The van der Waals surface area contributed by atoms with Crippen LogP contribution in [0.1, 0.15) is 16.7 Å². The molecule has 0 atom stereocenters. The van der Waals surface area contributed by atoms with Crippen LogP contribution in [0.25, 0.3) is 0 Å². The molecular formula is C15H9F2N2O. The van der Waals surface area contributed by atoms with E-state index in [9.17, 15) is 8.78 Å². The molecule has 0 fully saturated rings. The molecule has 2 rings (SSSR count). The summed E-state index contributed by atoms with van der Waals surface area (Å²) in [6.07, 6.45) is 2.60. The summed E-state index contributed by atoms with van der Waals surface area (Å²) in [7, 11) is 0. The van der Waals surface area contributed by atoms with Crippen LogP contribution < -0.4 is 0 Å². The number of rotatable bonds is 4. The molecule has 2 aromatic carbocycles. The Morgan fingerprint density at radius 1 is 1.00 bits per heavy atom. The van der Waals surface area contributed by atoms with Crippen molar-refractivity contribution in [1.82, 2.24) is 0 Å². The zero-order chi connectivity index (χ0) is 14.4. The van der Waals surface area contributed by atoms with E-state index >= 15 is 0 Å². The summed E-state index contributed by atoms with van der Waals surface area (Å²) in [6.45, 7) is -0.0576. The third-order valence-corrected chi connectivity index (χ3v) is 2.41. The van der Waals surface area contributed by atoms with E-state index in [-0.39, 0.29) is 6.61 Å². The zero-order valence-electron chi connectivity index (χ0n) is 10.3. The van der Waals surface area contributed by atoms with Gasteiger partial charge >= 0.3 is 0 Å². The first-order valence-electron chi connectivity index (χ1n) is 5.70. The second-order valence-electron chi connectivity index (χ2n) is 3.94. The molecule has 5 heteroatoms. The molecule has 0 N–H and O–H groups in total. The van der Waals surface area contributed by atoms with Crippen LogP contribution in [0, 0.1) is 23.0 Å². The summed E-state index contributed by atoms with van der Waals surface area (Å²) >= 11 is 0. The second kappa shape index (κ2) is 6.43. The summed E-state index contributed by atoms with van der Waals surface area (Å²) in [5, 5.41) is 12.2. The highest BCUT2D eigenvalue weighted by molar-refractivity contribution is 5.79. The maximum absolute atomic E-state index is 12.9. The molecule has 0 unspecified atom stereocenters. The molecular weight excluding hydrogens is 262 g/mol. The topological polar surface area (TPSA) is 45.4 Å². The van der Waals surface area contributed by atoms with Crippen molar-refractivity contribution in [3.63, 3.8) is 0 Å². The minimum Gasteiger partial charge on any atom is -0.390 e. The van der Waals surface area contributed by atoms with E-state index in [1.165, 1.54) is 12.1 Å². The average Bonchev–Trinajstić information content (AvgIpc) is 2.43. The molecule has 0 aliphatic rings. The molecule has 1 radical (unpaired) electrons. The maximum atomic E-state index is 12.9. The molecule has 0 saturated heterocycles. The van der Waals surface area contributed by atoms with Gasteiger partial charge in [-0.05, 0) is 29.8 Å². The van der Waals surface area contributed by atoms with Gasteiger partial charge in [0.1, 0.15) is 24.5 Å². The molecule has 20 heavy (non-hydrogen) atoms. The Kier molecular flexibility index (Phi) is 4.40. The molecule has 0 aliphatic carbocycles. The van der Waals surface area contributed by atoms with Crippen molar-refractivity contribution in [3.8, 4) is 6.07 Å². The zero-order valence-corrected chi connectivity index (χ0v) is 10.3. The van der Waals surface area contributed by atoms with E-state index in [1.54, 1.807) is 24.3 Å². The van der Waals surface area contributed by atoms with E-state index in [1.807, 2.05) is 6.07 Å². The summed E-state index contributed by atoms with van der Waals surface area (Å²) in [6, 6.07) is 11.7. The van der Waals surface area contributed by atoms with E-state index in [0.29, 0.717) is 16.7 Å². The monoisotopic (exact) mass is 271 g/mol. The number of halogens is 2. The van der Waals surface area contributed by atoms with Crippen LogP contribution in [0.4, 0.5) is 8.78 Å². The largest absolute Gasteiger partial charge is 0.390 e. The van der Waals surface area contributed by atoms with Crippen LogP contribution in [0.3, 0.4) is 0 Å². The molecule has 0 heterocycles. The Morgan fingerprint density at radius 3 is 2.20 bits per heavy atom. The molecule has 2 aromatic rings. The lowest BCUT2D eigenvalue weighted by molar-refractivity contribution is 0.131. The van der Waals surface area contributed by atoms with Crippen LogP contribution in [0.2, 0.25) is 0 Å². The highest BCUT2D eigenvalue weighted by Crippen LogP contribution is 2.09. The molecule has 0 spiro atoms. The Balaban J connectivity index is 1.91. The van der Waals surface area contributed by atoms with Gasteiger partial charge in [-0.3, -0.25) is 0 Å². The molecule has 0 amide bonds. The first-order valence-corrected chi connectivity index (χ1v) is 5.70. The van der Waals surface area contributed by atoms with E-state index < -0.39 is 11.6 Å². The molecule has 0 aliphatic heterocycles. The van der Waals surface area contributed by atoms with Gasteiger partial charge in [0.2, 0.25) is 0 Å². The summed E-state index contributed by atoms with van der Waals surface area (Å²) in [5.74, 6) is -1.33. The fourth-order valence-corrected chi connectivity index (χ4v) is 1.51. The van der Waals surface area contributed by atoms with Gasteiger partial charge in [0.25, 0.3) is 0 Å². The molecule has 3 nitrogen and oxygen atoms in total. The van der Waals surface area contributed by atoms with Crippen molar-refractivity contribution in [2.45, 2.75) is 6.61 Å². The van der Waals surface area contributed by atoms with Crippen molar-refractivity contribution in [1.29, 1.82) is 5.26 Å². The standard InChI is InChI=1S/C15H9F2N2O/c16-14-5-13(6-15(17)7-14)10-20-19-9-12-3-1-11(8-18)2-4-12/h1-7H,10H2. The van der Waals surface area contributed by atoms with E-state index in [0.717, 1.165) is 6.07 Å². The Morgan fingerprint density at radius 2 is 1.60 bits per heavy atom. The normalized spacial score (nSPS) is 10.4. The van der Waals surface area contributed by atoms with Gasteiger partial charge in [-0.1, -0.05) is 17.3 Å². The van der Waals surface area contributed by atoms with Gasteiger partial charge < -0.3 is 4.84 Å². The maximum Gasteiger partial charge on any atom is 0.142 e. The van der Waals surface area contributed by atoms with E-state index in [4.69, 9.17) is 10.1 Å². The van der Waals surface area contributed by atoms with Crippen molar-refractivity contribution in [2.75, 3.05) is 0 Å². The number of benzene rings is 2. The van der Waals surface area contributed by atoms with Gasteiger partial charge in [0.15, 0.2) is 0 Å². The first-order chi connectivity index (χ1) is 9.67. The third-order valence-electron chi connectivity index (χ3n) is 2.41. The SMILES string of the molecule is N#Cc1ccc(/[C]=N\OCc2cc(F)cc(F)c2)cc1. The molecule has 99 valence electrons. The van der Waals surface area contributed by atoms with Crippen molar-refractivity contribution >= 4 is 6.21 Å². The Labute approximate surface area is 114 Å². The fourth-order valence-electron chi connectivity index (χ4n) is 1.51. The highest BCUT2D eigenvalue weighted by Gasteiger charge is 2.00. The third kappa shape index (κ3) is 3.89. The van der Waals surface area contributed by atoms with Crippen molar-refractivity contribution in [2.24, 2.45) is 5.16 Å². The van der Waals surface area contributed by atoms with Crippen molar-refractivity contribution in [3.05, 3.63) is 70.8 Å². The van der Waals surface area contributed by atoms with Gasteiger partial charge in [-0.25, -0.2) is 8.78 Å². The van der Waals surface area contributed by atoms with Gasteiger partial charge in [0, 0.05) is 11.6 Å². The molecule has 0 aromatic heterocycles. The predicted octanol–water partition coefficient (Wildman–Crippen LogP) is 3.26. The molecule has 0 saturated carbocycles. The predicted molar refractivity (Wildman–Crippen MR) is 68.8 cm³/mol. The lowest BCUT2D eigenvalue weighted by Gasteiger charge is -2.00. The minimum atomic E-state index is -0.663. The smallest absolute Gasteiger partial charge is 0.142 e. The quantitative estimate of drug-likeness (QED) is 0.633. The fraction of sp³-hybridized carbons (Fsp3) is 0.0667. The summed E-state index contributed by atoms with van der Waals surface area (Å²) < 4.78 is 25.8. The lowest BCUT2D eigenvalue weighted by atomic mass is 10.2.